The molecular weight excluding hydrogens is 220 g/mol. The van der Waals surface area contributed by atoms with Gasteiger partial charge in [0.2, 0.25) is 5.78 Å². The lowest BCUT2D eigenvalue weighted by Gasteiger charge is -1.95. The molecule has 0 radical (unpaired) electrons. The Morgan fingerprint density at radius 3 is 2.35 bits per heavy atom. The number of unbranched alkanes of at least 4 members (excludes halogenated alkanes) is 2. The minimum absolute atomic E-state index is 0.0586. The fourth-order valence-electron chi connectivity index (χ4n) is 1.06. The molecule has 0 bridgehead atoms. The SMILES string of the molecule is CCCCCC(=O)OC#CC(=O)CCC(C)=O. The van der Waals surface area contributed by atoms with Crippen LogP contribution in [-0.2, 0) is 19.1 Å². The fourth-order valence-corrected chi connectivity index (χ4v) is 1.06. The monoisotopic (exact) mass is 238 g/mol. The van der Waals surface area contributed by atoms with E-state index < -0.39 is 5.97 Å². The average Bonchev–Trinajstić information content (AvgIpc) is 2.27. The van der Waals surface area contributed by atoms with Gasteiger partial charge in [-0.05, 0) is 13.3 Å². The summed E-state index contributed by atoms with van der Waals surface area (Å²) in [6, 6.07) is 0. The molecule has 0 rings (SSSR count). The van der Waals surface area contributed by atoms with Gasteiger partial charge in [-0.1, -0.05) is 19.8 Å². The predicted molar refractivity (Wildman–Crippen MR) is 62.9 cm³/mol. The Labute approximate surface area is 102 Å². The van der Waals surface area contributed by atoms with Gasteiger partial charge >= 0.3 is 5.97 Å². The van der Waals surface area contributed by atoms with E-state index in [9.17, 15) is 14.4 Å². The van der Waals surface area contributed by atoms with Crippen LogP contribution in [0.4, 0.5) is 0 Å². The fraction of sp³-hybridized carbons (Fsp3) is 0.615. The Kier molecular flexibility index (Phi) is 8.67. The Bertz CT molecular complexity index is 333. The van der Waals surface area contributed by atoms with Gasteiger partial charge in [-0.2, -0.15) is 0 Å². The summed E-state index contributed by atoms with van der Waals surface area (Å²) in [5.41, 5.74) is 0. The van der Waals surface area contributed by atoms with Crippen molar-refractivity contribution >= 4 is 17.5 Å². The predicted octanol–water partition coefficient (Wildman–Crippen LogP) is 2.01. The molecule has 0 heterocycles. The summed E-state index contributed by atoms with van der Waals surface area (Å²) in [6.45, 7) is 3.45. The molecule has 0 spiro atoms. The molecule has 0 aromatic rings. The standard InChI is InChI=1S/C13H18O4/c1-3-4-5-6-13(16)17-10-9-12(15)8-7-11(2)14/h3-8H2,1-2H3. The molecule has 0 saturated heterocycles. The van der Waals surface area contributed by atoms with Crippen LogP contribution in [0.1, 0.15) is 52.4 Å². The number of carbonyl (C=O) groups is 3. The van der Waals surface area contributed by atoms with Crippen molar-refractivity contribution in [2.75, 3.05) is 0 Å². The van der Waals surface area contributed by atoms with Crippen molar-refractivity contribution < 1.29 is 19.1 Å². The summed E-state index contributed by atoms with van der Waals surface area (Å²) in [6.07, 6.45) is 5.43. The van der Waals surface area contributed by atoms with Gasteiger partial charge in [0.15, 0.2) is 0 Å². The van der Waals surface area contributed by atoms with Gasteiger partial charge in [-0.25, -0.2) is 0 Å². The maximum absolute atomic E-state index is 11.1. The molecule has 0 atom stereocenters. The molecule has 4 nitrogen and oxygen atoms in total. The summed E-state index contributed by atoms with van der Waals surface area (Å²) < 4.78 is 4.56. The highest BCUT2D eigenvalue weighted by Crippen LogP contribution is 1.99. The Hall–Kier alpha value is -1.63. The van der Waals surface area contributed by atoms with Crippen LogP contribution in [0.15, 0.2) is 0 Å². The molecule has 4 heteroatoms. The highest BCUT2D eigenvalue weighted by atomic mass is 16.5. The number of carbonyl (C=O) groups excluding carboxylic acids is 3. The quantitative estimate of drug-likeness (QED) is 0.386. The molecule has 17 heavy (non-hydrogen) atoms. The van der Waals surface area contributed by atoms with E-state index >= 15 is 0 Å². The van der Waals surface area contributed by atoms with Crippen LogP contribution in [0.5, 0.6) is 0 Å². The summed E-state index contributed by atoms with van der Waals surface area (Å²) in [5, 5.41) is 0. The van der Waals surface area contributed by atoms with Crippen molar-refractivity contribution in [2.45, 2.75) is 52.4 Å². The van der Waals surface area contributed by atoms with Gasteiger partial charge in [0, 0.05) is 25.2 Å². The maximum Gasteiger partial charge on any atom is 0.319 e. The summed E-state index contributed by atoms with van der Waals surface area (Å²) >= 11 is 0. The van der Waals surface area contributed by atoms with E-state index in [1.807, 2.05) is 6.92 Å². The lowest BCUT2D eigenvalue weighted by atomic mass is 10.2. The number of rotatable bonds is 7. The van der Waals surface area contributed by atoms with Gasteiger partial charge in [0.25, 0.3) is 0 Å². The van der Waals surface area contributed by atoms with Crippen LogP contribution >= 0.6 is 0 Å². The first-order valence-corrected chi connectivity index (χ1v) is 5.79. The number of hydrogen-bond donors (Lipinski definition) is 0. The van der Waals surface area contributed by atoms with Gasteiger partial charge in [0.05, 0.1) is 0 Å². The van der Waals surface area contributed by atoms with E-state index in [0.29, 0.717) is 6.42 Å². The molecule has 0 unspecified atom stereocenters. The van der Waals surface area contributed by atoms with E-state index in [1.54, 1.807) is 0 Å². The average molecular weight is 238 g/mol. The number of ketones is 2. The first kappa shape index (κ1) is 15.4. The third-order valence-corrected chi connectivity index (χ3v) is 2.04. The third kappa shape index (κ3) is 10.6. The number of esters is 1. The van der Waals surface area contributed by atoms with Crippen molar-refractivity contribution in [3.63, 3.8) is 0 Å². The topological polar surface area (TPSA) is 60.4 Å². The lowest BCUT2D eigenvalue weighted by Crippen LogP contribution is -2.01. The zero-order valence-corrected chi connectivity index (χ0v) is 10.4. The minimum Gasteiger partial charge on any atom is -0.372 e. The summed E-state index contributed by atoms with van der Waals surface area (Å²) in [4.78, 5) is 32.7. The van der Waals surface area contributed by atoms with Crippen molar-refractivity contribution in [3.05, 3.63) is 0 Å². The molecular formula is C13H18O4. The second-order valence-electron chi connectivity index (χ2n) is 3.78. The maximum atomic E-state index is 11.1. The smallest absolute Gasteiger partial charge is 0.319 e. The molecule has 0 aliphatic heterocycles. The Balaban J connectivity index is 3.75. The van der Waals surface area contributed by atoms with Crippen LogP contribution in [0.2, 0.25) is 0 Å². The van der Waals surface area contributed by atoms with Crippen molar-refractivity contribution in [1.29, 1.82) is 0 Å². The highest BCUT2D eigenvalue weighted by molar-refractivity contribution is 5.97. The number of ether oxygens (including phenoxy) is 1. The van der Waals surface area contributed by atoms with E-state index in [1.165, 1.54) is 6.92 Å². The number of hydrogen-bond acceptors (Lipinski definition) is 4. The molecule has 0 saturated carbocycles. The minimum atomic E-state index is -0.412. The second kappa shape index (κ2) is 9.59. The normalized spacial score (nSPS) is 9.06. The molecule has 0 aromatic heterocycles. The van der Waals surface area contributed by atoms with Crippen LogP contribution < -0.4 is 0 Å². The van der Waals surface area contributed by atoms with Crippen LogP contribution in [-0.4, -0.2) is 17.5 Å². The van der Waals surface area contributed by atoms with Gasteiger partial charge in [-0.15, -0.1) is 0 Å². The van der Waals surface area contributed by atoms with Gasteiger partial charge < -0.3 is 9.53 Å². The second-order valence-corrected chi connectivity index (χ2v) is 3.78. The molecule has 0 N–H and O–H groups in total. The van der Waals surface area contributed by atoms with E-state index in [4.69, 9.17) is 0 Å². The molecule has 0 aromatic carbocycles. The number of Topliss-reactive ketones (excluding diaryl/α,β-unsaturated/α-hetero) is 2. The Morgan fingerprint density at radius 2 is 1.76 bits per heavy atom. The molecule has 0 amide bonds. The molecule has 0 aliphatic carbocycles. The molecule has 0 fully saturated rings. The van der Waals surface area contributed by atoms with Gasteiger partial charge in [-0.3, -0.25) is 9.59 Å². The van der Waals surface area contributed by atoms with Crippen molar-refractivity contribution in [3.8, 4) is 12.0 Å². The van der Waals surface area contributed by atoms with E-state index in [0.717, 1.165) is 19.3 Å². The summed E-state index contributed by atoms with van der Waals surface area (Å²) in [7, 11) is 0. The van der Waals surface area contributed by atoms with Crippen LogP contribution in [0, 0.1) is 12.0 Å². The lowest BCUT2D eigenvalue weighted by molar-refractivity contribution is -0.137. The van der Waals surface area contributed by atoms with E-state index in [2.05, 4.69) is 16.8 Å². The largest absolute Gasteiger partial charge is 0.372 e. The highest BCUT2D eigenvalue weighted by Gasteiger charge is 2.02. The van der Waals surface area contributed by atoms with Crippen LogP contribution in [0.3, 0.4) is 0 Å². The Morgan fingerprint density at radius 1 is 1.06 bits per heavy atom. The first-order valence-electron chi connectivity index (χ1n) is 5.79. The zero-order chi connectivity index (χ0) is 13.1. The van der Waals surface area contributed by atoms with Crippen molar-refractivity contribution in [1.82, 2.24) is 0 Å². The molecule has 0 aliphatic rings. The first-order chi connectivity index (χ1) is 8.06. The van der Waals surface area contributed by atoms with Crippen molar-refractivity contribution in [2.24, 2.45) is 0 Å². The van der Waals surface area contributed by atoms with Crippen LogP contribution in [0.25, 0.3) is 0 Å². The molecule has 94 valence electrons. The summed E-state index contributed by atoms with van der Waals surface area (Å²) in [5.74, 6) is 1.32. The van der Waals surface area contributed by atoms with Gasteiger partial charge in [0.1, 0.15) is 11.9 Å². The zero-order valence-electron chi connectivity index (χ0n) is 10.4. The van der Waals surface area contributed by atoms with E-state index in [-0.39, 0.29) is 24.4 Å². The third-order valence-electron chi connectivity index (χ3n) is 2.04.